The van der Waals surface area contributed by atoms with Gasteiger partial charge in [0.05, 0.1) is 11.0 Å². The molecule has 4 aromatic carbocycles. The minimum atomic E-state index is -0.930. The lowest BCUT2D eigenvalue weighted by atomic mass is 10.1. The normalized spacial score (nSPS) is 12.8. The molecular formula is C30H26N8O2. The summed E-state index contributed by atoms with van der Waals surface area (Å²) in [5, 5.41) is 23.6. The molecule has 6 rings (SSSR count). The van der Waals surface area contributed by atoms with Crippen molar-refractivity contribution in [2.45, 2.75) is 26.2 Å². The zero-order valence-electron chi connectivity index (χ0n) is 21.9. The number of aryl methyl sites for hydroxylation is 2. The molecule has 0 aliphatic heterocycles. The number of carbonyl (C=O) groups is 2. The minimum Gasteiger partial charge on any atom is -0.327 e. The molecule has 198 valence electrons. The van der Waals surface area contributed by atoms with Crippen LogP contribution < -0.4 is 10.6 Å². The van der Waals surface area contributed by atoms with E-state index in [1.165, 1.54) is 0 Å². The van der Waals surface area contributed by atoms with E-state index in [1.807, 2.05) is 86.6 Å². The molecule has 10 nitrogen and oxygen atoms in total. The van der Waals surface area contributed by atoms with Gasteiger partial charge in [-0.05, 0) is 62.4 Å². The predicted molar refractivity (Wildman–Crippen MR) is 150 cm³/mol. The number of rotatable bonds is 7. The summed E-state index contributed by atoms with van der Waals surface area (Å²) in [5.41, 5.74) is 5.64. The quantitative estimate of drug-likeness (QED) is 0.317. The van der Waals surface area contributed by atoms with E-state index in [-0.39, 0.29) is 11.8 Å². The van der Waals surface area contributed by atoms with E-state index in [4.69, 9.17) is 0 Å². The highest BCUT2D eigenvalue weighted by molar-refractivity contribution is 5.95. The summed E-state index contributed by atoms with van der Waals surface area (Å²) in [6.07, 6.45) is -1.86. The molecule has 2 N–H and O–H groups in total. The van der Waals surface area contributed by atoms with Crippen LogP contribution in [0.4, 0.5) is 0 Å². The first-order valence-corrected chi connectivity index (χ1v) is 12.8. The van der Waals surface area contributed by atoms with Gasteiger partial charge in [-0.1, -0.05) is 70.1 Å². The van der Waals surface area contributed by atoms with Crippen LogP contribution in [0.1, 0.15) is 44.2 Å². The lowest BCUT2D eigenvalue weighted by Crippen LogP contribution is -2.46. The summed E-state index contributed by atoms with van der Waals surface area (Å²) < 4.78 is 3.19. The van der Waals surface area contributed by atoms with Crippen molar-refractivity contribution in [3.63, 3.8) is 0 Å². The van der Waals surface area contributed by atoms with Gasteiger partial charge in [-0.3, -0.25) is 9.59 Å². The summed E-state index contributed by atoms with van der Waals surface area (Å²) in [5.74, 6) is -0.688. The van der Waals surface area contributed by atoms with E-state index in [1.54, 1.807) is 33.6 Å². The highest BCUT2D eigenvalue weighted by Crippen LogP contribution is 2.26. The second kappa shape index (κ2) is 10.4. The molecule has 2 aromatic heterocycles. The maximum atomic E-state index is 13.6. The number of benzene rings is 4. The summed E-state index contributed by atoms with van der Waals surface area (Å²) >= 11 is 0. The van der Waals surface area contributed by atoms with Crippen molar-refractivity contribution < 1.29 is 9.59 Å². The number of para-hydroxylation sites is 2. The Morgan fingerprint density at radius 1 is 0.575 bits per heavy atom. The molecule has 2 amide bonds. The lowest BCUT2D eigenvalue weighted by molar-refractivity contribution is 0.0798. The van der Waals surface area contributed by atoms with Crippen LogP contribution in [0, 0.1) is 13.8 Å². The Morgan fingerprint density at radius 2 is 0.950 bits per heavy atom. The number of fused-ring (bicyclic) bond motifs is 2. The Kier molecular flexibility index (Phi) is 6.49. The number of hydrogen-bond acceptors (Lipinski definition) is 6. The maximum Gasteiger partial charge on any atom is 0.253 e. The third-order valence-electron chi connectivity index (χ3n) is 6.77. The van der Waals surface area contributed by atoms with Crippen LogP contribution >= 0.6 is 0 Å². The van der Waals surface area contributed by atoms with Gasteiger partial charge in [-0.2, -0.15) is 0 Å². The summed E-state index contributed by atoms with van der Waals surface area (Å²) in [6.45, 7) is 3.91. The van der Waals surface area contributed by atoms with Crippen LogP contribution in [-0.4, -0.2) is 41.8 Å². The van der Waals surface area contributed by atoms with Crippen LogP contribution in [0.2, 0.25) is 0 Å². The van der Waals surface area contributed by atoms with E-state index in [2.05, 4.69) is 31.3 Å². The maximum absolute atomic E-state index is 13.6. The van der Waals surface area contributed by atoms with Gasteiger partial charge < -0.3 is 10.6 Å². The number of aromatic nitrogens is 6. The van der Waals surface area contributed by atoms with Crippen LogP contribution in [-0.2, 0) is 0 Å². The average molecular weight is 531 g/mol. The van der Waals surface area contributed by atoms with Crippen molar-refractivity contribution in [2.75, 3.05) is 0 Å². The van der Waals surface area contributed by atoms with E-state index in [0.717, 1.165) is 11.1 Å². The van der Waals surface area contributed by atoms with Crippen molar-refractivity contribution in [2.24, 2.45) is 0 Å². The molecule has 0 fully saturated rings. The largest absolute Gasteiger partial charge is 0.327 e. The molecule has 40 heavy (non-hydrogen) atoms. The number of nitrogens with zero attached hydrogens (tertiary/aromatic N) is 6. The molecule has 6 aromatic rings. The van der Waals surface area contributed by atoms with Gasteiger partial charge in [0.1, 0.15) is 11.0 Å². The van der Waals surface area contributed by atoms with Gasteiger partial charge in [0.25, 0.3) is 11.8 Å². The Bertz CT molecular complexity index is 1690. The SMILES string of the molecule is Cc1ccc(C(=O)NC(C(NC(=O)c2ccc(C)cc2)n2nnc3ccccc32)n2nnc3ccccc32)cc1. The molecule has 0 bridgehead atoms. The van der Waals surface area contributed by atoms with Crippen molar-refractivity contribution in [3.05, 3.63) is 119 Å². The predicted octanol–water partition coefficient (Wildman–Crippen LogP) is 4.35. The standard InChI is InChI=1S/C30H26N8O2/c1-19-11-15-21(16-12-19)29(39)31-27(37-25-9-5-3-7-23(25)33-35-37)28(32-30(40)22-17-13-20(2)14-18-22)38-26-10-6-4-8-24(26)34-36-38/h3-18,27-28H,1-2H3,(H,31,39)(H,32,40). The fourth-order valence-corrected chi connectivity index (χ4v) is 4.58. The van der Waals surface area contributed by atoms with Gasteiger partial charge in [0, 0.05) is 11.1 Å². The van der Waals surface area contributed by atoms with Crippen LogP contribution in [0.3, 0.4) is 0 Å². The Morgan fingerprint density at radius 3 is 1.35 bits per heavy atom. The third-order valence-corrected chi connectivity index (χ3v) is 6.77. The average Bonchev–Trinajstić information content (AvgIpc) is 3.60. The fourth-order valence-electron chi connectivity index (χ4n) is 4.58. The molecule has 0 aliphatic rings. The summed E-state index contributed by atoms with van der Waals surface area (Å²) in [6, 6.07) is 29.4. The van der Waals surface area contributed by atoms with E-state index >= 15 is 0 Å². The lowest BCUT2D eigenvalue weighted by Gasteiger charge is -2.29. The highest BCUT2D eigenvalue weighted by Gasteiger charge is 2.33. The van der Waals surface area contributed by atoms with Gasteiger partial charge in [0.15, 0.2) is 12.3 Å². The van der Waals surface area contributed by atoms with Crippen molar-refractivity contribution >= 4 is 33.9 Å². The van der Waals surface area contributed by atoms with Gasteiger partial charge in [-0.15, -0.1) is 10.2 Å². The molecule has 2 unspecified atom stereocenters. The first-order chi connectivity index (χ1) is 19.5. The number of amides is 2. The summed E-state index contributed by atoms with van der Waals surface area (Å²) in [4.78, 5) is 27.2. The van der Waals surface area contributed by atoms with Crippen LogP contribution in [0.15, 0.2) is 97.1 Å². The molecule has 10 heteroatoms. The minimum absolute atomic E-state index is 0.344. The fraction of sp³-hybridized carbons (Fsp3) is 0.133. The molecule has 0 saturated carbocycles. The number of hydrogen-bond donors (Lipinski definition) is 2. The molecule has 2 heterocycles. The van der Waals surface area contributed by atoms with Gasteiger partial charge in [0.2, 0.25) is 0 Å². The van der Waals surface area contributed by atoms with Crippen LogP contribution in [0.25, 0.3) is 22.1 Å². The molecule has 2 atom stereocenters. The second-order valence-electron chi connectivity index (χ2n) is 9.61. The molecular weight excluding hydrogens is 504 g/mol. The Labute approximate surface area is 229 Å². The topological polar surface area (TPSA) is 120 Å². The van der Waals surface area contributed by atoms with Gasteiger partial charge in [-0.25, -0.2) is 9.36 Å². The van der Waals surface area contributed by atoms with E-state index in [0.29, 0.717) is 33.2 Å². The van der Waals surface area contributed by atoms with Crippen molar-refractivity contribution in [3.8, 4) is 0 Å². The van der Waals surface area contributed by atoms with E-state index < -0.39 is 12.3 Å². The van der Waals surface area contributed by atoms with Gasteiger partial charge >= 0.3 is 0 Å². The van der Waals surface area contributed by atoms with Crippen LogP contribution in [0.5, 0.6) is 0 Å². The zero-order valence-corrected chi connectivity index (χ0v) is 21.9. The first-order valence-electron chi connectivity index (χ1n) is 12.8. The molecule has 0 aliphatic carbocycles. The molecule has 0 radical (unpaired) electrons. The molecule has 0 spiro atoms. The molecule has 0 saturated heterocycles. The number of nitrogens with one attached hydrogen (secondary N) is 2. The first kappa shape index (κ1) is 24.9. The van der Waals surface area contributed by atoms with E-state index in [9.17, 15) is 9.59 Å². The zero-order chi connectivity index (χ0) is 27.6. The Hall–Kier alpha value is -5.38. The van der Waals surface area contributed by atoms with Crippen molar-refractivity contribution in [1.82, 2.24) is 40.6 Å². The van der Waals surface area contributed by atoms with Crippen molar-refractivity contribution in [1.29, 1.82) is 0 Å². The highest BCUT2D eigenvalue weighted by atomic mass is 16.2. The second-order valence-corrected chi connectivity index (χ2v) is 9.61. The number of carbonyl (C=O) groups excluding carboxylic acids is 2. The summed E-state index contributed by atoms with van der Waals surface area (Å²) in [7, 11) is 0. The Balaban J connectivity index is 1.49. The third kappa shape index (κ3) is 4.78. The monoisotopic (exact) mass is 530 g/mol. The smallest absolute Gasteiger partial charge is 0.253 e.